The summed E-state index contributed by atoms with van der Waals surface area (Å²) in [5.74, 6) is -0.526. The average Bonchev–Trinajstić information content (AvgIpc) is 2.87. The molecular weight excluding hydrogens is 252 g/mol. The van der Waals surface area contributed by atoms with E-state index in [-0.39, 0.29) is 17.7 Å². The summed E-state index contributed by atoms with van der Waals surface area (Å²) in [4.78, 5) is 28.8. The molecule has 1 heterocycles. The van der Waals surface area contributed by atoms with Crippen LogP contribution in [0.15, 0.2) is 16.8 Å². The van der Waals surface area contributed by atoms with E-state index < -0.39 is 6.04 Å². The lowest BCUT2D eigenvalue weighted by Gasteiger charge is -2.25. The minimum absolute atomic E-state index is 0.0160. The first-order chi connectivity index (χ1) is 8.47. The molecule has 0 saturated heterocycles. The van der Waals surface area contributed by atoms with E-state index in [0.29, 0.717) is 5.56 Å². The summed E-state index contributed by atoms with van der Waals surface area (Å²) < 4.78 is 0. The van der Waals surface area contributed by atoms with E-state index in [1.165, 1.54) is 25.5 Å². The third-order valence-electron chi connectivity index (χ3n) is 2.59. The molecule has 0 aliphatic heterocycles. The lowest BCUT2D eigenvalue weighted by Crippen LogP contribution is -2.49. The Labute approximate surface area is 111 Å². The molecule has 1 aromatic rings. The van der Waals surface area contributed by atoms with Crippen molar-refractivity contribution >= 4 is 23.2 Å². The van der Waals surface area contributed by atoms with Crippen molar-refractivity contribution in [3.63, 3.8) is 0 Å². The molecule has 2 amide bonds. The number of likely N-dealkylation sites (N-methyl/N-ethyl adjacent to an activating group) is 1. The maximum absolute atomic E-state index is 12.0. The molecule has 0 aliphatic carbocycles. The summed E-state index contributed by atoms with van der Waals surface area (Å²) in [5.41, 5.74) is 0.568. The normalized spacial score (nSPS) is 12.3. The highest BCUT2D eigenvalue weighted by atomic mass is 32.1. The minimum Gasteiger partial charge on any atom is -0.340 e. The summed E-state index contributed by atoms with van der Waals surface area (Å²) in [6.07, 6.45) is 0. The number of rotatable bonds is 5. The van der Waals surface area contributed by atoms with Crippen molar-refractivity contribution in [1.29, 1.82) is 0 Å². The smallest absolute Gasteiger partial charge is 0.268 e. The van der Waals surface area contributed by atoms with E-state index in [9.17, 15) is 9.59 Å². The van der Waals surface area contributed by atoms with Crippen LogP contribution in [0, 0.1) is 5.92 Å². The number of thiophene rings is 1. The van der Waals surface area contributed by atoms with Crippen LogP contribution >= 0.6 is 11.3 Å². The van der Waals surface area contributed by atoms with Crippen LogP contribution in [0.25, 0.3) is 0 Å². The second-order valence-corrected chi connectivity index (χ2v) is 5.01. The first kappa shape index (κ1) is 14.7. The largest absolute Gasteiger partial charge is 0.340 e. The molecule has 1 unspecified atom stereocenters. The van der Waals surface area contributed by atoms with Gasteiger partial charge in [0.15, 0.2) is 0 Å². The van der Waals surface area contributed by atoms with Crippen LogP contribution in [0.3, 0.4) is 0 Å². The van der Waals surface area contributed by atoms with E-state index in [2.05, 4.69) is 5.32 Å². The lowest BCUT2D eigenvalue weighted by atomic mass is 10.0. The van der Waals surface area contributed by atoms with Gasteiger partial charge in [-0.3, -0.25) is 14.4 Å². The predicted molar refractivity (Wildman–Crippen MR) is 70.2 cm³/mol. The fraction of sp³-hybridized carbons (Fsp3) is 0.500. The van der Waals surface area contributed by atoms with Crippen LogP contribution in [0.4, 0.5) is 0 Å². The van der Waals surface area contributed by atoms with Crippen molar-refractivity contribution in [1.82, 2.24) is 10.4 Å². The summed E-state index contributed by atoms with van der Waals surface area (Å²) in [6, 6.07) is 1.13. The van der Waals surface area contributed by atoms with Crippen molar-refractivity contribution in [2.24, 2.45) is 5.92 Å². The Hall–Kier alpha value is -1.40. The highest BCUT2D eigenvalue weighted by Gasteiger charge is 2.27. The monoisotopic (exact) mass is 270 g/mol. The van der Waals surface area contributed by atoms with E-state index in [1.807, 2.05) is 19.2 Å². The standard InChI is InChI=1S/C12H18N2O3S/c1-8(2)10(12(16)14(3)17-4)13-11(15)9-5-6-18-7-9/h5-8,10H,1-4H3,(H,13,15). The van der Waals surface area contributed by atoms with Crippen molar-refractivity contribution < 1.29 is 14.4 Å². The maximum atomic E-state index is 12.0. The highest BCUT2D eigenvalue weighted by molar-refractivity contribution is 7.08. The fourth-order valence-corrected chi connectivity index (χ4v) is 2.05. The number of carbonyl (C=O) groups excluding carboxylic acids is 2. The first-order valence-electron chi connectivity index (χ1n) is 5.62. The molecule has 0 spiro atoms. The van der Waals surface area contributed by atoms with Crippen LogP contribution in [0.5, 0.6) is 0 Å². The third-order valence-corrected chi connectivity index (χ3v) is 3.27. The Morgan fingerprint density at radius 2 is 2.11 bits per heavy atom. The van der Waals surface area contributed by atoms with Gasteiger partial charge in [0.25, 0.3) is 11.8 Å². The van der Waals surface area contributed by atoms with E-state index in [4.69, 9.17) is 4.84 Å². The van der Waals surface area contributed by atoms with Gasteiger partial charge in [0, 0.05) is 12.4 Å². The molecule has 0 aromatic carbocycles. The van der Waals surface area contributed by atoms with Gasteiger partial charge in [-0.15, -0.1) is 0 Å². The third kappa shape index (κ3) is 3.54. The molecule has 18 heavy (non-hydrogen) atoms. The van der Waals surface area contributed by atoms with E-state index in [0.717, 1.165) is 5.06 Å². The van der Waals surface area contributed by atoms with Gasteiger partial charge in [-0.1, -0.05) is 13.8 Å². The van der Waals surface area contributed by atoms with Gasteiger partial charge in [-0.25, -0.2) is 5.06 Å². The number of nitrogens with zero attached hydrogens (tertiary/aromatic N) is 1. The quantitative estimate of drug-likeness (QED) is 0.825. The predicted octanol–water partition coefficient (Wildman–Crippen LogP) is 1.52. The molecule has 1 aromatic heterocycles. The van der Waals surface area contributed by atoms with Gasteiger partial charge < -0.3 is 5.32 Å². The van der Waals surface area contributed by atoms with Crippen molar-refractivity contribution in [3.8, 4) is 0 Å². The second kappa shape index (κ2) is 6.51. The van der Waals surface area contributed by atoms with Gasteiger partial charge in [-0.05, 0) is 17.4 Å². The summed E-state index contributed by atoms with van der Waals surface area (Å²) >= 11 is 1.44. The van der Waals surface area contributed by atoms with Gasteiger partial charge in [0.2, 0.25) is 0 Å². The number of hydrogen-bond donors (Lipinski definition) is 1. The van der Waals surface area contributed by atoms with Gasteiger partial charge in [0.05, 0.1) is 12.7 Å². The molecule has 0 saturated carbocycles. The summed E-state index contributed by atoms with van der Waals surface area (Å²) in [7, 11) is 2.93. The van der Waals surface area contributed by atoms with Crippen molar-refractivity contribution in [2.75, 3.05) is 14.2 Å². The van der Waals surface area contributed by atoms with Gasteiger partial charge in [0.1, 0.15) is 6.04 Å². The molecule has 100 valence electrons. The second-order valence-electron chi connectivity index (χ2n) is 4.23. The Bertz CT molecular complexity index is 403. The van der Waals surface area contributed by atoms with Crippen LogP contribution in [-0.2, 0) is 9.63 Å². The topological polar surface area (TPSA) is 58.6 Å². The Morgan fingerprint density at radius 3 is 2.56 bits per heavy atom. The lowest BCUT2D eigenvalue weighted by molar-refractivity contribution is -0.171. The van der Waals surface area contributed by atoms with Crippen LogP contribution in [0.1, 0.15) is 24.2 Å². The zero-order chi connectivity index (χ0) is 13.7. The van der Waals surface area contributed by atoms with Gasteiger partial charge >= 0.3 is 0 Å². The van der Waals surface area contributed by atoms with Crippen LogP contribution in [-0.4, -0.2) is 37.1 Å². The maximum Gasteiger partial charge on any atom is 0.268 e. The highest BCUT2D eigenvalue weighted by Crippen LogP contribution is 2.10. The summed E-state index contributed by atoms with van der Waals surface area (Å²) in [5, 5.41) is 7.42. The molecule has 5 nitrogen and oxygen atoms in total. The number of amides is 2. The number of hydroxylamine groups is 2. The minimum atomic E-state index is -0.595. The molecule has 0 radical (unpaired) electrons. The molecule has 0 fully saturated rings. The van der Waals surface area contributed by atoms with Crippen LogP contribution in [0.2, 0.25) is 0 Å². The van der Waals surface area contributed by atoms with Crippen molar-refractivity contribution in [3.05, 3.63) is 22.4 Å². The molecule has 6 heteroatoms. The molecular formula is C12H18N2O3S. The Kier molecular flexibility index (Phi) is 5.30. The van der Waals surface area contributed by atoms with Crippen molar-refractivity contribution in [2.45, 2.75) is 19.9 Å². The number of nitrogens with one attached hydrogen (secondary N) is 1. The molecule has 1 rings (SSSR count). The molecule has 1 N–H and O–H groups in total. The Morgan fingerprint density at radius 1 is 1.44 bits per heavy atom. The molecule has 1 atom stereocenters. The van der Waals surface area contributed by atoms with Gasteiger partial charge in [-0.2, -0.15) is 11.3 Å². The zero-order valence-corrected chi connectivity index (χ0v) is 11.8. The molecule has 0 aliphatic rings. The van der Waals surface area contributed by atoms with E-state index in [1.54, 1.807) is 11.4 Å². The van der Waals surface area contributed by atoms with E-state index >= 15 is 0 Å². The zero-order valence-electron chi connectivity index (χ0n) is 11.0. The van der Waals surface area contributed by atoms with Crippen LogP contribution < -0.4 is 5.32 Å². The Balaban J connectivity index is 2.75. The first-order valence-corrected chi connectivity index (χ1v) is 6.56. The summed E-state index contributed by atoms with van der Waals surface area (Å²) in [6.45, 7) is 3.75. The number of carbonyl (C=O) groups is 2. The number of hydrogen-bond acceptors (Lipinski definition) is 4. The SMILES string of the molecule is CON(C)C(=O)C(NC(=O)c1ccsc1)C(C)C. The average molecular weight is 270 g/mol. The fourth-order valence-electron chi connectivity index (χ4n) is 1.42. The molecule has 0 bridgehead atoms.